The number of aromatic amines is 1. The van der Waals surface area contributed by atoms with Gasteiger partial charge in [0.15, 0.2) is 11.6 Å². The topological polar surface area (TPSA) is 102 Å². The van der Waals surface area contributed by atoms with Gasteiger partial charge in [0.25, 0.3) is 0 Å². The van der Waals surface area contributed by atoms with Crippen LogP contribution in [0.4, 0.5) is 4.39 Å². The first-order valence-corrected chi connectivity index (χ1v) is 9.83. The van der Waals surface area contributed by atoms with E-state index in [1.165, 1.54) is 6.07 Å². The van der Waals surface area contributed by atoms with Crippen molar-refractivity contribution in [3.8, 4) is 22.8 Å². The largest absolute Gasteiger partial charge is 0.453 e. The smallest absolute Gasteiger partial charge is 0.193 e. The molecule has 5 aromatic rings. The molecular weight excluding hydrogens is 423 g/mol. The van der Waals surface area contributed by atoms with Crippen molar-refractivity contribution in [2.45, 2.75) is 13.5 Å². The van der Waals surface area contributed by atoms with E-state index in [0.29, 0.717) is 34.6 Å². The normalized spacial score (nSPS) is 11.5. The number of hydrogen-bond donors (Lipinski definition) is 2. The van der Waals surface area contributed by atoms with Gasteiger partial charge in [-0.25, -0.2) is 14.4 Å². The number of aliphatic hydroxyl groups excluding tert-OH is 1. The average Bonchev–Trinajstić information content (AvgIpc) is 3.38. The van der Waals surface area contributed by atoms with Crippen LogP contribution in [0.5, 0.6) is 11.5 Å². The van der Waals surface area contributed by atoms with Crippen molar-refractivity contribution in [3.05, 3.63) is 59.5 Å². The Morgan fingerprint density at radius 2 is 1.97 bits per heavy atom. The molecule has 0 bridgehead atoms. The fourth-order valence-corrected chi connectivity index (χ4v) is 3.55. The molecule has 0 fully saturated rings. The highest BCUT2D eigenvalue weighted by molar-refractivity contribution is 6.36. The number of aryl methyl sites for hydroxylation is 1. The van der Waals surface area contributed by atoms with E-state index in [1.807, 2.05) is 0 Å². The number of fused-ring (bicyclic) bond motifs is 2. The predicted molar refractivity (Wildman–Crippen MR) is 114 cm³/mol. The van der Waals surface area contributed by atoms with Gasteiger partial charge in [0, 0.05) is 11.8 Å². The maximum atomic E-state index is 14.9. The minimum absolute atomic E-state index is 0.00893. The van der Waals surface area contributed by atoms with Gasteiger partial charge in [-0.1, -0.05) is 11.6 Å². The van der Waals surface area contributed by atoms with Crippen LogP contribution >= 0.6 is 11.6 Å². The molecule has 3 heterocycles. The van der Waals surface area contributed by atoms with Gasteiger partial charge in [0.05, 0.1) is 42.3 Å². The Bertz CT molecular complexity index is 1430. The quantitative estimate of drug-likeness (QED) is 0.425. The van der Waals surface area contributed by atoms with Gasteiger partial charge < -0.3 is 14.8 Å². The summed E-state index contributed by atoms with van der Waals surface area (Å²) in [6.45, 7) is 2.12. The molecule has 0 unspecified atom stereocenters. The van der Waals surface area contributed by atoms with Crippen LogP contribution in [0, 0.1) is 12.7 Å². The second-order valence-electron chi connectivity index (χ2n) is 6.91. The standard InChI is InChI=1S/C21H16ClFN6O2/c1-11-26-14-3-5-17(19(23)21(14)27-11)31-16-4-2-13-20(18(16)22)28-15(9-24-13)12-8-25-29(10-12)6-7-30/h2-5,8-10,30H,6-7H2,1H3,(H,26,27). The Labute approximate surface area is 180 Å². The number of aliphatic hydroxyl groups is 1. The molecule has 156 valence electrons. The molecule has 0 spiro atoms. The third kappa shape index (κ3) is 3.47. The monoisotopic (exact) mass is 438 g/mol. The highest BCUT2D eigenvalue weighted by Gasteiger charge is 2.16. The highest BCUT2D eigenvalue weighted by atomic mass is 35.5. The summed E-state index contributed by atoms with van der Waals surface area (Å²) in [5.41, 5.74) is 3.08. The van der Waals surface area contributed by atoms with Gasteiger partial charge in [-0.05, 0) is 31.2 Å². The molecule has 0 saturated heterocycles. The molecule has 0 atom stereocenters. The average molecular weight is 439 g/mol. The summed E-state index contributed by atoms with van der Waals surface area (Å²) in [6.07, 6.45) is 5.01. The third-order valence-electron chi connectivity index (χ3n) is 4.77. The number of ether oxygens (including phenoxy) is 1. The van der Waals surface area contributed by atoms with Gasteiger partial charge >= 0.3 is 0 Å². The Morgan fingerprint density at radius 3 is 2.81 bits per heavy atom. The Balaban J connectivity index is 1.53. The van der Waals surface area contributed by atoms with Crippen LogP contribution in [0.25, 0.3) is 33.3 Å². The minimum atomic E-state index is -0.575. The first-order chi connectivity index (χ1) is 15.0. The molecule has 0 aliphatic carbocycles. The Hall–Kier alpha value is -3.56. The molecule has 2 aromatic carbocycles. The fraction of sp³-hybridized carbons (Fsp3) is 0.143. The molecule has 2 N–H and O–H groups in total. The molecule has 31 heavy (non-hydrogen) atoms. The van der Waals surface area contributed by atoms with Crippen molar-refractivity contribution < 1.29 is 14.2 Å². The fourth-order valence-electron chi connectivity index (χ4n) is 3.31. The highest BCUT2D eigenvalue weighted by Crippen LogP contribution is 2.36. The maximum Gasteiger partial charge on any atom is 0.193 e. The third-order valence-corrected chi connectivity index (χ3v) is 5.14. The summed E-state index contributed by atoms with van der Waals surface area (Å²) in [4.78, 5) is 16.1. The zero-order valence-corrected chi connectivity index (χ0v) is 17.1. The molecular formula is C21H16ClFN6O2. The lowest BCUT2D eigenvalue weighted by atomic mass is 10.2. The first kappa shape index (κ1) is 19.4. The number of imidazole rings is 1. The van der Waals surface area contributed by atoms with E-state index in [-0.39, 0.29) is 28.6 Å². The van der Waals surface area contributed by atoms with Crippen LogP contribution in [0.15, 0.2) is 42.9 Å². The molecule has 0 amide bonds. The number of rotatable bonds is 5. The van der Waals surface area contributed by atoms with Crippen molar-refractivity contribution in [2.75, 3.05) is 6.61 Å². The van der Waals surface area contributed by atoms with Crippen molar-refractivity contribution in [2.24, 2.45) is 0 Å². The number of nitrogens with one attached hydrogen (secondary N) is 1. The Kier molecular flexibility index (Phi) is 4.76. The Morgan fingerprint density at radius 1 is 1.13 bits per heavy atom. The molecule has 0 saturated carbocycles. The number of halogens is 2. The summed E-state index contributed by atoms with van der Waals surface area (Å²) in [5, 5.41) is 13.4. The van der Waals surface area contributed by atoms with Gasteiger partial charge in [-0.15, -0.1) is 0 Å². The summed E-state index contributed by atoms with van der Waals surface area (Å²) in [5.74, 6) is 0.297. The lowest BCUT2D eigenvalue weighted by molar-refractivity contribution is 0.269. The zero-order valence-electron chi connectivity index (χ0n) is 16.3. The van der Waals surface area contributed by atoms with Gasteiger partial charge in [0.2, 0.25) is 0 Å². The van der Waals surface area contributed by atoms with Crippen LogP contribution in [0.3, 0.4) is 0 Å². The van der Waals surface area contributed by atoms with Crippen LogP contribution in [-0.2, 0) is 6.54 Å². The van der Waals surface area contributed by atoms with Crippen molar-refractivity contribution >= 4 is 33.7 Å². The van der Waals surface area contributed by atoms with E-state index in [1.54, 1.807) is 48.4 Å². The number of aromatic nitrogens is 6. The molecule has 0 aliphatic rings. The summed E-state index contributed by atoms with van der Waals surface area (Å²) >= 11 is 6.55. The van der Waals surface area contributed by atoms with E-state index < -0.39 is 5.82 Å². The molecule has 3 aromatic heterocycles. The lowest BCUT2D eigenvalue weighted by Gasteiger charge is -2.10. The van der Waals surface area contributed by atoms with E-state index in [0.717, 1.165) is 5.56 Å². The first-order valence-electron chi connectivity index (χ1n) is 9.45. The second kappa shape index (κ2) is 7.60. The number of benzene rings is 2. The van der Waals surface area contributed by atoms with Gasteiger partial charge in [0.1, 0.15) is 27.6 Å². The SMILES string of the molecule is Cc1nc2c(F)c(Oc3ccc4ncc(-c5cnn(CCO)c5)nc4c3Cl)ccc2[nH]1. The van der Waals surface area contributed by atoms with Crippen molar-refractivity contribution in [3.63, 3.8) is 0 Å². The molecule has 0 aliphatic heterocycles. The number of hydrogen-bond acceptors (Lipinski definition) is 6. The molecule has 5 rings (SSSR count). The minimum Gasteiger partial charge on any atom is -0.453 e. The van der Waals surface area contributed by atoms with E-state index >= 15 is 0 Å². The van der Waals surface area contributed by atoms with E-state index in [4.69, 9.17) is 21.4 Å². The molecule has 0 radical (unpaired) electrons. The lowest BCUT2D eigenvalue weighted by Crippen LogP contribution is -2.01. The van der Waals surface area contributed by atoms with E-state index in [2.05, 4.69) is 25.0 Å². The van der Waals surface area contributed by atoms with Crippen LogP contribution < -0.4 is 4.74 Å². The van der Waals surface area contributed by atoms with E-state index in [9.17, 15) is 4.39 Å². The number of nitrogens with zero attached hydrogens (tertiary/aromatic N) is 5. The summed E-state index contributed by atoms with van der Waals surface area (Å²) in [7, 11) is 0. The second-order valence-corrected chi connectivity index (χ2v) is 7.29. The van der Waals surface area contributed by atoms with Gasteiger partial charge in [-0.2, -0.15) is 5.10 Å². The van der Waals surface area contributed by atoms with Crippen molar-refractivity contribution in [1.29, 1.82) is 0 Å². The van der Waals surface area contributed by atoms with Crippen LogP contribution in [0.2, 0.25) is 5.02 Å². The molecule has 8 nitrogen and oxygen atoms in total. The maximum absolute atomic E-state index is 14.9. The predicted octanol–water partition coefficient (Wildman–Crippen LogP) is 4.26. The molecule has 10 heteroatoms. The summed E-state index contributed by atoms with van der Waals surface area (Å²) in [6, 6.07) is 6.55. The van der Waals surface area contributed by atoms with Crippen LogP contribution in [0.1, 0.15) is 5.82 Å². The number of H-pyrrole nitrogens is 1. The zero-order chi connectivity index (χ0) is 21.5. The summed E-state index contributed by atoms with van der Waals surface area (Å²) < 4.78 is 22.2. The van der Waals surface area contributed by atoms with Crippen LogP contribution in [-0.4, -0.2) is 41.4 Å². The van der Waals surface area contributed by atoms with Gasteiger partial charge in [-0.3, -0.25) is 9.67 Å². The van der Waals surface area contributed by atoms with Crippen molar-refractivity contribution in [1.82, 2.24) is 29.7 Å².